The molecule has 0 bridgehead atoms. The highest BCUT2D eigenvalue weighted by Gasteiger charge is 2.00. The van der Waals surface area contributed by atoms with Gasteiger partial charge >= 0.3 is 0 Å². The van der Waals surface area contributed by atoms with E-state index in [1.807, 2.05) is 12.1 Å². The highest BCUT2D eigenvalue weighted by molar-refractivity contribution is 6.30. The first kappa shape index (κ1) is 11.7. The number of nitrogens with zero attached hydrogens (tertiary/aromatic N) is 2. The average Bonchev–Trinajstić information content (AvgIpc) is 2.34. The van der Waals surface area contributed by atoms with E-state index in [1.54, 1.807) is 25.4 Å². The minimum absolute atomic E-state index is 0.133. The first-order chi connectivity index (χ1) is 8.19. The number of hydrogen-bond donors (Lipinski definition) is 1. The van der Waals surface area contributed by atoms with Crippen LogP contribution in [0.15, 0.2) is 41.3 Å². The number of hydrogen-bond acceptors (Lipinski definition) is 3. The maximum Gasteiger partial charge on any atom is 0.269 e. The van der Waals surface area contributed by atoms with Crippen molar-refractivity contribution in [2.75, 3.05) is 12.4 Å². The van der Waals surface area contributed by atoms with Crippen molar-refractivity contribution in [1.82, 2.24) is 9.78 Å². The lowest BCUT2D eigenvalue weighted by Gasteiger charge is -2.05. The molecular weight excluding hydrogens is 238 g/mol. The molecule has 0 unspecified atom stereocenters. The van der Waals surface area contributed by atoms with Crippen LogP contribution in [0.2, 0.25) is 5.02 Å². The molecule has 1 N–H and O–H groups in total. The van der Waals surface area contributed by atoms with Gasteiger partial charge in [0.1, 0.15) is 0 Å². The number of benzene rings is 1. The van der Waals surface area contributed by atoms with E-state index in [1.165, 1.54) is 10.7 Å². The Morgan fingerprint density at radius 2 is 2.06 bits per heavy atom. The van der Waals surface area contributed by atoms with Crippen LogP contribution in [0.3, 0.4) is 0 Å². The van der Waals surface area contributed by atoms with Crippen molar-refractivity contribution in [3.8, 4) is 0 Å². The van der Waals surface area contributed by atoms with Gasteiger partial charge in [-0.1, -0.05) is 23.7 Å². The third-order valence-corrected chi connectivity index (χ3v) is 2.66. The number of anilines is 1. The molecule has 88 valence electrons. The quantitative estimate of drug-likeness (QED) is 0.905. The first-order valence-corrected chi connectivity index (χ1v) is 5.56. The summed E-state index contributed by atoms with van der Waals surface area (Å²) in [7, 11) is 1.75. The number of halogens is 1. The second-order valence-corrected chi connectivity index (χ2v) is 4.05. The van der Waals surface area contributed by atoms with Gasteiger partial charge < -0.3 is 5.32 Å². The molecule has 0 atom stereocenters. The van der Waals surface area contributed by atoms with Crippen molar-refractivity contribution in [1.29, 1.82) is 0 Å². The topological polar surface area (TPSA) is 46.9 Å². The van der Waals surface area contributed by atoms with Crippen LogP contribution in [0, 0.1) is 0 Å². The van der Waals surface area contributed by atoms with Gasteiger partial charge in [0, 0.05) is 18.1 Å². The van der Waals surface area contributed by atoms with E-state index in [-0.39, 0.29) is 5.56 Å². The van der Waals surface area contributed by atoms with Gasteiger partial charge in [-0.3, -0.25) is 4.79 Å². The zero-order valence-electron chi connectivity index (χ0n) is 9.35. The maximum atomic E-state index is 11.7. The van der Waals surface area contributed by atoms with Crippen LogP contribution in [-0.2, 0) is 6.54 Å². The fourth-order valence-corrected chi connectivity index (χ4v) is 1.58. The SMILES string of the molecule is CNc1cnn(Cc2ccc(Cl)cc2)c(=O)c1. The van der Waals surface area contributed by atoms with Crippen molar-refractivity contribution in [3.63, 3.8) is 0 Å². The van der Waals surface area contributed by atoms with E-state index >= 15 is 0 Å². The zero-order valence-corrected chi connectivity index (χ0v) is 10.1. The standard InChI is InChI=1S/C12H12ClN3O/c1-14-11-6-12(17)16(15-7-11)8-9-2-4-10(13)5-3-9/h2-7,14H,8H2,1H3. The van der Waals surface area contributed by atoms with Crippen LogP contribution in [-0.4, -0.2) is 16.8 Å². The zero-order chi connectivity index (χ0) is 12.3. The molecule has 1 aromatic carbocycles. The molecule has 2 aromatic rings. The summed E-state index contributed by atoms with van der Waals surface area (Å²) in [5.74, 6) is 0. The third kappa shape index (κ3) is 2.85. The van der Waals surface area contributed by atoms with Crippen molar-refractivity contribution in [2.45, 2.75) is 6.54 Å². The van der Waals surface area contributed by atoms with E-state index in [0.29, 0.717) is 17.3 Å². The highest BCUT2D eigenvalue weighted by atomic mass is 35.5. The fraction of sp³-hybridized carbons (Fsp3) is 0.167. The molecule has 4 nitrogen and oxygen atoms in total. The molecule has 0 amide bonds. The van der Waals surface area contributed by atoms with E-state index in [2.05, 4.69) is 10.4 Å². The summed E-state index contributed by atoms with van der Waals surface area (Å²) in [6.45, 7) is 0.444. The van der Waals surface area contributed by atoms with Gasteiger partial charge in [0.25, 0.3) is 5.56 Å². The Morgan fingerprint density at radius 1 is 1.35 bits per heavy atom. The Morgan fingerprint density at radius 3 is 2.65 bits per heavy atom. The molecule has 0 saturated carbocycles. The van der Waals surface area contributed by atoms with Gasteiger partial charge in [0.2, 0.25) is 0 Å². The van der Waals surface area contributed by atoms with E-state index in [0.717, 1.165) is 5.56 Å². The second-order valence-electron chi connectivity index (χ2n) is 3.62. The Balaban J connectivity index is 2.24. The summed E-state index contributed by atoms with van der Waals surface area (Å²) < 4.78 is 1.41. The summed E-state index contributed by atoms with van der Waals surface area (Å²) >= 11 is 5.79. The normalized spacial score (nSPS) is 10.2. The third-order valence-electron chi connectivity index (χ3n) is 2.40. The van der Waals surface area contributed by atoms with Crippen molar-refractivity contribution in [2.24, 2.45) is 0 Å². The van der Waals surface area contributed by atoms with Gasteiger partial charge in [0.05, 0.1) is 18.4 Å². The average molecular weight is 250 g/mol. The summed E-state index contributed by atoms with van der Waals surface area (Å²) in [4.78, 5) is 11.7. The summed E-state index contributed by atoms with van der Waals surface area (Å²) in [5, 5.41) is 7.63. The summed E-state index contributed by atoms with van der Waals surface area (Å²) in [6, 6.07) is 8.86. The number of nitrogens with one attached hydrogen (secondary N) is 1. The molecule has 2 rings (SSSR count). The molecular formula is C12H12ClN3O. The van der Waals surface area contributed by atoms with Gasteiger partial charge in [0.15, 0.2) is 0 Å². The van der Waals surface area contributed by atoms with Crippen molar-refractivity contribution < 1.29 is 0 Å². The highest BCUT2D eigenvalue weighted by Crippen LogP contribution is 2.09. The maximum absolute atomic E-state index is 11.7. The van der Waals surface area contributed by atoms with Gasteiger partial charge in [-0.2, -0.15) is 5.10 Å². The molecule has 0 radical (unpaired) electrons. The van der Waals surface area contributed by atoms with E-state index in [4.69, 9.17) is 11.6 Å². The van der Waals surface area contributed by atoms with Crippen LogP contribution in [0.1, 0.15) is 5.56 Å². The monoisotopic (exact) mass is 249 g/mol. The van der Waals surface area contributed by atoms with Gasteiger partial charge in [-0.15, -0.1) is 0 Å². The van der Waals surface area contributed by atoms with Crippen molar-refractivity contribution >= 4 is 17.3 Å². The van der Waals surface area contributed by atoms with Crippen LogP contribution >= 0.6 is 11.6 Å². The summed E-state index contributed by atoms with van der Waals surface area (Å²) in [6.07, 6.45) is 1.62. The molecule has 0 saturated heterocycles. The Hall–Kier alpha value is -1.81. The predicted octanol–water partition coefficient (Wildman–Crippen LogP) is 1.99. The predicted molar refractivity (Wildman–Crippen MR) is 68.6 cm³/mol. The van der Waals surface area contributed by atoms with Crippen molar-refractivity contribution in [3.05, 3.63) is 57.5 Å². The molecule has 1 heterocycles. The van der Waals surface area contributed by atoms with Gasteiger partial charge in [-0.05, 0) is 17.7 Å². The summed E-state index contributed by atoms with van der Waals surface area (Å²) in [5.41, 5.74) is 1.57. The molecule has 1 aromatic heterocycles. The van der Waals surface area contributed by atoms with Crippen LogP contribution < -0.4 is 10.9 Å². The first-order valence-electron chi connectivity index (χ1n) is 5.18. The minimum atomic E-state index is -0.133. The van der Waals surface area contributed by atoms with E-state index in [9.17, 15) is 4.79 Å². The lowest BCUT2D eigenvalue weighted by atomic mass is 10.2. The number of rotatable bonds is 3. The Bertz CT molecular complexity index is 563. The smallest absolute Gasteiger partial charge is 0.269 e. The van der Waals surface area contributed by atoms with Gasteiger partial charge in [-0.25, -0.2) is 4.68 Å². The second kappa shape index (κ2) is 5.01. The Labute approximate surface area is 104 Å². The number of aromatic nitrogens is 2. The van der Waals surface area contributed by atoms with Crippen LogP contribution in [0.5, 0.6) is 0 Å². The lowest BCUT2D eigenvalue weighted by molar-refractivity contribution is 0.640. The molecule has 0 spiro atoms. The van der Waals surface area contributed by atoms with Crippen LogP contribution in [0.25, 0.3) is 0 Å². The molecule has 0 aliphatic carbocycles. The molecule has 0 aliphatic rings. The minimum Gasteiger partial charge on any atom is -0.387 e. The Kier molecular flexibility index (Phi) is 3.44. The fourth-order valence-electron chi connectivity index (χ4n) is 1.45. The lowest BCUT2D eigenvalue weighted by Crippen LogP contribution is -2.22. The molecule has 5 heteroatoms. The molecule has 17 heavy (non-hydrogen) atoms. The molecule has 0 aliphatic heterocycles. The molecule has 0 fully saturated rings. The van der Waals surface area contributed by atoms with E-state index < -0.39 is 0 Å². The van der Waals surface area contributed by atoms with Crippen LogP contribution in [0.4, 0.5) is 5.69 Å². The largest absolute Gasteiger partial charge is 0.387 e.